The zero-order chi connectivity index (χ0) is 25.9. The Bertz CT molecular complexity index is 1200. The molecule has 1 aromatic heterocycles. The van der Waals surface area contributed by atoms with Gasteiger partial charge in [0.1, 0.15) is 5.25 Å². The molecule has 0 saturated carbocycles. The molecular formula is C25H25N3O6S2. The van der Waals surface area contributed by atoms with Gasteiger partial charge in [0, 0.05) is 22.4 Å². The number of aromatic nitrogens is 1. The molecule has 0 saturated heterocycles. The average molecular weight is 528 g/mol. The van der Waals surface area contributed by atoms with Gasteiger partial charge < -0.3 is 20.5 Å². The second-order valence-corrected chi connectivity index (χ2v) is 9.53. The number of anilines is 2. The first-order valence-electron chi connectivity index (χ1n) is 11.1. The van der Waals surface area contributed by atoms with Crippen LogP contribution in [0.2, 0.25) is 0 Å². The summed E-state index contributed by atoms with van der Waals surface area (Å²) in [5, 5.41) is 15.7. The average Bonchev–Trinajstić information content (AvgIpc) is 3.29. The summed E-state index contributed by atoms with van der Waals surface area (Å²) in [5.74, 6) is -2.06. The van der Waals surface area contributed by atoms with E-state index in [1.165, 1.54) is 23.1 Å². The SMILES string of the molecule is CCOC(=O)Cc1csc(NC(=O)C(Sc2ccc(NC(=O)CCC(=O)O)cc2)c2ccccc2)n1. The summed E-state index contributed by atoms with van der Waals surface area (Å²) < 4.78 is 4.94. The van der Waals surface area contributed by atoms with E-state index in [1.54, 1.807) is 36.6 Å². The molecule has 0 radical (unpaired) electrons. The molecule has 3 rings (SSSR count). The van der Waals surface area contributed by atoms with E-state index in [1.807, 2.05) is 30.3 Å². The quantitative estimate of drug-likeness (QED) is 0.231. The minimum atomic E-state index is -1.03. The van der Waals surface area contributed by atoms with Crippen LogP contribution in [-0.4, -0.2) is 40.5 Å². The Morgan fingerprint density at radius 1 is 1.03 bits per heavy atom. The van der Waals surface area contributed by atoms with Crippen molar-refractivity contribution in [3.05, 3.63) is 71.2 Å². The fraction of sp³-hybridized carbons (Fsp3) is 0.240. The van der Waals surface area contributed by atoms with Gasteiger partial charge in [-0.15, -0.1) is 23.1 Å². The number of aliphatic carboxylic acids is 1. The molecule has 9 nitrogen and oxygen atoms in total. The lowest BCUT2D eigenvalue weighted by molar-refractivity contribution is -0.142. The largest absolute Gasteiger partial charge is 0.481 e. The van der Waals surface area contributed by atoms with E-state index in [4.69, 9.17) is 9.84 Å². The number of nitrogens with one attached hydrogen (secondary N) is 2. The van der Waals surface area contributed by atoms with Crippen LogP contribution in [0.3, 0.4) is 0 Å². The molecule has 0 fully saturated rings. The van der Waals surface area contributed by atoms with Crippen LogP contribution in [0.25, 0.3) is 0 Å². The Labute approximate surface area is 216 Å². The molecule has 0 aliphatic carbocycles. The highest BCUT2D eigenvalue weighted by atomic mass is 32.2. The highest BCUT2D eigenvalue weighted by Crippen LogP contribution is 2.37. The third-order valence-corrected chi connectivity index (χ3v) is 6.78. The van der Waals surface area contributed by atoms with Crippen molar-refractivity contribution in [1.29, 1.82) is 0 Å². The maximum Gasteiger partial charge on any atom is 0.311 e. The zero-order valence-corrected chi connectivity index (χ0v) is 21.1. The van der Waals surface area contributed by atoms with Crippen molar-refractivity contribution in [2.45, 2.75) is 36.3 Å². The molecule has 2 aromatic carbocycles. The van der Waals surface area contributed by atoms with Crippen LogP contribution in [-0.2, 0) is 30.3 Å². The highest BCUT2D eigenvalue weighted by Gasteiger charge is 2.23. The molecule has 0 aliphatic rings. The van der Waals surface area contributed by atoms with Gasteiger partial charge in [-0.2, -0.15) is 0 Å². The number of hydrogen-bond acceptors (Lipinski definition) is 8. The molecule has 2 amide bonds. The second kappa shape index (κ2) is 13.4. The maximum absolute atomic E-state index is 13.2. The van der Waals surface area contributed by atoms with Gasteiger partial charge in [-0.3, -0.25) is 19.2 Å². The molecule has 11 heteroatoms. The van der Waals surface area contributed by atoms with E-state index in [2.05, 4.69) is 15.6 Å². The molecule has 0 spiro atoms. The number of carboxylic acids is 1. The fourth-order valence-electron chi connectivity index (χ4n) is 3.07. The third-order valence-electron chi connectivity index (χ3n) is 4.71. The number of carbonyl (C=O) groups excluding carboxylic acids is 3. The van der Waals surface area contributed by atoms with E-state index in [9.17, 15) is 19.2 Å². The van der Waals surface area contributed by atoms with Crippen molar-refractivity contribution < 1.29 is 29.0 Å². The predicted octanol–water partition coefficient (Wildman–Crippen LogP) is 4.52. The van der Waals surface area contributed by atoms with Crippen molar-refractivity contribution >= 4 is 57.7 Å². The van der Waals surface area contributed by atoms with Crippen LogP contribution < -0.4 is 10.6 Å². The summed E-state index contributed by atoms with van der Waals surface area (Å²) >= 11 is 2.57. The molecule has 3 aromatic rings. The van der Waals surface area contributed by atoms with Crippen molar-refractivity contribution in [1.82, 2.24) is 4.98 Å². The number of benzene rings is 2. The van der Waals surface area contributed by atoms with Crippen LogP contribution in [0.15, 0.2) is 64.9 Å². The first-order valence-corrected chi connectivity index (χ1v) is 12.8. The van der Waals surface area contributed by atoms with Gasteiger partial charge in [0.15, 0.2) is 5.13 Å². The Hall–Kier alpha value is -3.70. The molecular weight excluding hydrogens is 502 g/mol. The van der Waals surface area contributed by atoms with Crippen LogP contribution >= 0.6 is 23.1 Å². The van der Waals surface area contributed by atoms with Gasteiger partial charge in [-0.05, 0) is 36.8 Å². The summed E-state index contributed by atoms with van der Waals surface area (Å²) in [6.07, 6.45) is -0.312. The van der Waals surface area contributed by atoms with Gasteiger partial charge in [0.2, 0.25) is 11.8 Å². The number of carboxylic acid groups (broad SMARTS) is 1. The third kappa shape index (κ3) is 8.51. The normalized spacial score (nSPS) is 11.4. The molecule has 0 aliphatic heterocycles. The van der Waals surface area contributed by atoms with Gasteiger partial charge in [-0.1, -0.05) is 30.3 Å². The number of thiazole rings is 1. The van der Waals surface area contributed by atoms with Gasteiger partial charge >= 0.3 is 11.9 Å². The van der Waals surface area contributed by atoms with Crippen molar-refractivity contribution in [3.8, 4) is 0 Å². The van der Waals surface area contributed by atoms with Crippen molar-refractivity contribution in [2.75, 3.05) is 17.2 Å². The Morgan fingerprint density at radius 2 is 1.75 bits per heavy atom. The topological polar surface area (TPSA) is 135 Å². The number of rotatable bonds is 12. The van der Waals surface area contributed by atoms with E-state index in [0.717, 1.165) is 10.5 Å². The summed E-state index contributed by atoms with van der Waals surface area (Å²) in [4.78, 5) is 52.5. The Kier molecular flexibility index (Phi) is 10.0. The van der Waals surface area contributed by atoms with Crippen LogP contribution in [0.4, 0.5) is 10.8 Å². The molecule has 3 N–H and O–H groups in total. The van der Waals surface area contributed by atoms with E-state index in [0.29, 0.717) is 23.1 Å². The minimum absolute atomic E-state index is 0.0380. The lowest BCUT2D eigenvalue weighted by atomic mass is 10.1. The lowest BCUT2D eigenvalue weighted by Crippen LogP contribution is -2.19. The van der Waals surface area contributed by atoms with Crippen LogP contribution in [0.1, 0.15) is 36.3 Å². The summed E-state index contributed by atoms with van der Waals surface area (Å²) in [5.41, 5.74) is 1.86. The van der Waals surface area contributed by atoms with Crippen LogP contribution in [0, 0.1) is 0 Å². The standard InChI is InChI=1S/C25H25N3O6S2/c1-2-34-22(32)14-18-15-35-25(27-18)28-24(33)23(16-6-4-3-5-7-16)36-19-10-8-17(9-11-19)26-20(29)12-13-21(30)31/h3-11,15,23H,2,12-14H2,1H3,(H,26,29)(H,30,31)(H,27,28,33). The van der Waals surface area contributed by atoms with Crippen LogP contribution in [0.5, 0.6) is 0 Å². The maximum atomic E-state index is 13.2. The molecule has 0 bridgehead atoms. The molecule has 36 heavy (non-hydrogen) atoms. The predicted molar refractivity (Wildman–Crippen MR) is 138 cm³/mol. The van der Waals surface area contributed by atoms with E-state index < -0.39 is 11.2 Å². The number of ether oxygens (including phenoxy) is 1. The molecule has 1 heterocycles. The monoisotopic (exact) mass is 527 g/mol. The molecule has 188 valence electrons. The number of amides is 2. The smallest absolute Gasteiger partial charge is 0.311 e. The summed E-state index contributed by atoms with van der Waals surface area (Å²) in [6.45, 7) is 2.03. The number of esters is 1. The first kappa shape index (κ1) is 26.9. The highest BCUT2D eigenvalue weighted by molar-refractivity contribution is 8.00. The fourth-order valence-corrected chi connectivity index (χ4v) is 4.81. The van der Waals surface area contributed by atoms with Crippen molar-refractivity contribution in [3.63, 3.8) is 0 Å². The lowest BCUT2D eigenvalue weighted by Gasteiger charge is -2.16. The van der Waals surface area contributed by atoms with Gasteiger partial charge in [-0.25, -0.2) is 4.98 Å². The molecule has 1 atom stereocenters. The number of thioether (sulfide) groups is 1. The Morgan fingerprint density at radius 3 is 2.42 bits per heavy atom. The number of nitrogens with zero attached hydrogens (tertiary/aromatic N) is 1. The summed E-state index contributed by atoms with van der Waals surface area (Å²) in [7, 11) is 0. The minimum Gasteiger partial charge on any atom is -0.481 e. The van der Waals surface area contributed by atoms with E-state index >= 15 is 0 Å². The van der Waals surface area contributed by atoms with Crippen molar-refractivity contribution in [2.24, 2.45) is 0 Å². The Balaban J connectivity index is 1.68. The van der Waals surface area contributed by atoms with Gasteiger partial charge in [0.25, 0.3) is 0 Å². The first-order chi connectivity index (χ1) is 17.3. The summed E-state index contributed by atoms with van der Waals surface area (Å²) in [6, 6.07) is 16.3. The number of carbonyl (C=O) groups is 4. The molecule has 1 unspecified atom stereocenters. The second-order valence-electron chi connectivity index (χ2n) is 7.49. The number of hydrogen-bond donors (Lipinski definition) is 3. The van der Waals surface area contributed by atoms with E-state index in [-0.39, 0.29) is 37.0 Å². The zero-order valence-electron chi connectivity index (χ0n) is 19.4. The van der Waals surface area contributed by atoms with Gasteiger partial charge in [0.05, 0.1) is 25.1 Å².